The molecule has 1 heterocycles. The molecule has 1 fully saturated rings. The number of carbonyl (C=O) groups excluding carboxylic acids is 1. The Morgan fingerprint density at radius 1 is 1.57 bits per heavy atom. The van der Waals surface area contributed by atoms with Crippen LogP contribution in [-0.4, -0.2) is 24.8 Å². The Bertz CT molecular complexity index is 619. The smallest absolute Gasteiger partial charge is 0.247 e. The number of rotatable bonds is 4. The molecule has 2 atom stereocenters. The van der Waals surface area contributed by atoms with E-state index in [-0.39, 0.29) is 17.7 Å². The second kappa shape index (κ2) is 5.51. The molecule has 21 heavy (non-hydrogen) atoms. The molecule has 0 aromatic carbocycles. The second-order valence-corrected chi connectivity index (χ2v) is 5.94. The van der Waals surface area contributed by atoms with Crippen molar-refractivity contribution in [3.8, 4) is 0 Å². The number of pyridine rings is 1. The van der Waals surface area contributed by atoms with Gasteiger partial charge in [-0.3, -0.25) is 9.78 Å². The fourth-order valence-electron chi connectivity index (χ4n) is 3.09. The molecule has 0 spiro atoms. The van der Waals surface area contributed by atoms with Gasteiger partial charge < -0.3 is 5.32 Å². The summed E-state index contributed by atoms with van der Waals surface area (Å²) in [5.74, 6) is 0.238. The third-order valence-electron chi connectivity index (χ3n) is 4.43. The van der Waals surface area contributed by atoms with Gasteiger partial charge in [-0.25, -0.2) is 0 Å². The molecule has 0 saturated heterocycles. The van der Waals surface area contributed by atoms with Crippen LogP contribution < -0.4 is 5.32 Å². The summed E-state index contributed by atoms with van der Waals surface area (Å²) < 4.78 is 0. The van der Waals surface area contributed by atoms with Crippen molar-refractivity contribution in [3.63, 3.8) is 0 Å². The number of allylic oxidation sites excluding steroid dienone is 1. The number of nitrogens with one attached hydrogen (secondary N) is 1. The van der Waals surface area contributed by atoms with E-state index in [1.165, 1.54) is 0 Å². The van der Waals surface area contributed by atoms with Crippen molar-refractivity contribution >= 4 is 19.2 Å². The summed E-state index contributed by atoms with van der Waals surface area (Å²) in [6, 6.07) is 4.29. The maximum atomic E-state index is 12.6. The van der Waals surface area contributed by atoms with E-state index >= 15 is 0 Å². The van der Waals surface area contributed by atoms with E-state index in [1.54, 1.807) is 6.20 Å². The number of carbonyl (C=O) groups is 1. The normalized spacial score (nSPS) is 24.4. The summed E-state index contributed by atoms with van der Waals surface area (Å²) in [6.07, 6.45) is 6.46. The maximum Gasteiger partial charge on any atom is 0.247 e. The van der Waals surface area contributed by atoms with Crippen molar-refractivity contribution in [2.75, 3.05) is 0 Å². The first-order valence-electron chi connectivity index (χ1n) is 7.50. The van der Waals surface area contributed by atoms with Gasteiger partial charge in [-0.05, 0) is 42.7 Å². The number of amides is 1. The highest BCUT2D eigenvalue weighted by molar-refractivity contribution is 6.45. The van der Waals surface area contributed by atoms with E-state index in [1.807, 2.05) is 18.2 Å². The molecule has 0 bridgehead atoms. The topological polar surface area (TPSA) is 42.0 Å². The zero-order valence-electron chi connectivity index (χ0n) is 12.3. The molecule has 1 aromatic rings. The largest absolute Gasteiger partial charge is 0.350 e. The fraction of sp³-hybridized carbons (Fsp3) is 0.412. The lowest BCUT2D eigenvalue weighted by Gasteiger charge is -2.33. The minimum Gasteiger partial charge on any atom is -0.350 e. The highest BCUT2D eigenvalue weighted by Gasteiger charge is 2.36. The lowest BCUT2D eigenvalue weighted by molar-refractivity contribution is -0.118. The van der Waals surface area contributed by atoms with Crippen LogP contribution in [0, 0.1) is 5.92 Å². The van der Waals surface area contributed by atoms with E-state index in [9.17, 15) is 4.79 Å². The predicted octanol–water partition coefficient (Wildman–Crippen LogP) is 2.55. The van der Waals surface area contributed by atoms with Crippen LogP contribution in [0.15, 0.2) is 36.6 Å². The molecule has 2 unspecified atom stereocenters. The number of hydrogen-bond acceptors (Lipinski definition) is 2. The zero-order chi connectivity index (χ0) is 15.0. The Kier molecular flexibility index (Phi) is 3.70. The molecule has 1 N–H and O–H groups in total. The zero-order valence-corrected chi connectivity index (χ0v) is 12.3. The minimum atomic E-state index is -0.0370. The van der Waals surface area contributed by atoms with Crippen LogP contribution in [0.25, 0.3) is 5.47 Å². The molecule has 2 aliphatic rings. The average Bonchev–Trinajstić information content (AvgIpc) is 3.28. The van der Waals surface area contributed by atoms with Crippen molar-refractivity contribution in [2.24, 2.45) is 5.92 Å². The quantitative estimate of drug-likeness (QED) is 0.679. The van der Waals surface area contributed by atoms with Gasteiger partial charge in [0.1, 0.15) is 7.85 Å². The summed E-state index contributed by atoms with van der Waals surface area (Å²) in [4.78, 5) is 17.0. The maximum absolute atomic E-state index is 12.6. The van der Waals surface area contributed by atoms with Gasteiger partial charge in [0.25, 0.3) is 0 Å². The van der Waals surface area contributed by atoms with E-state index in [2.05, 4.69) is 23.8 Å². The van der Waals surface area contributed by atoms with Crippen LogP contribution in [0.3, 0.4) is 0 Å². The molecule has 0 aliphatic heterocycles. The molecule has 3 nitrogen and oxygen atoms in total. The Hall–Kier alpha value is -1.84. The summed E-state index contributed by atoms with van der Waals surface area (Å²) in [7, 11) is 6.29. The fourth-order valence-corrected chi connectivity index (χ4v) is 3.09. The number of hydrogen-bond donors (Lipinski definition) is 1. The van der Waals surface area contributed by atoms with Crippen molar-refractivity contribution in [1.29, 1.82) is 0 Å². The first-order valence-corrected chi connectivity index (χ1v) is 7.50. The Balaban J connectivity index is 2.06. The van der Waals surface area contributed by atoms with E-state index in [0.717, 1.165) is 30.5 Å². The molecule has 1 amide bonds. The molecule has 106 valence electrons. The van der Waals surface area contributed by atoms with E-state index in [0.29, 0.717) is 17.1 Å². The summed E-state index contributed by atoms with van der Waals surface area (Å²) in [6.45, 7) is 5.96. The highest BCUT2D eigenvalue weighted by Crippen LogP contribution is 2.42. The monoisotopic (exact) mass is 278 g/mol. The van der Waals surface area contributed by atoms with Crippen LogP contribution in [0.2, 0.25) is 0 Å². The van der Waals surface area contributed by atoms with Crippen molar-refractivity contribution in [3.05, 3.63) is 47.8 Å². The van der Waals surface area contributed by atoms with Gasteiger partial charge in [-0.15, -0.1) is 6.58 Å². The van der Waals surface area contributed by atoms with Crippen LogP contribution in [-0.2, 0) is 4.79 Å². The van der Waals surface area contributed by atoms with Crippen molar-refractivity contribution < 1.29 is 4.79 Å². The van der Waals surface area contributed by atoms with Crippen LogP contribution in [0.1, 0.15) is 43.4 Å². The highest BCUT2D eigenvalue weighted by atomic mass is 16.1. The third kappa shape index (κ3) is 2.55. The van der Waals surface area contributed by atoms with Gasteiger partial charge >= 0.3 is 0 Å². The molecule has 2 aliphatic carbocycles. The Labute approximate surface area is 127 Å². The van der Waals surface area contributed by atoms with Crippen LogP contribution in [0.4, 0.5) is 0 Å². The third-order valence-corrected chi connectivity index (χ3v) is 4.43. The van der Waals surface area contributed by atoms with Gasteiger partial charge in [0.05, 0.1) is 5.69 Å². The predicted molar refractivity (Wildman–Crippen MR) is 84.8 cm³/mol. The van der Waals surface area contributed by atoms with Gasteiger partial charge in [0.15, 0.2) is 0 Å². The van der Waals surface area contributed by atoms with Crippen molar-refractivity contribution in [1.82, 2.24) is 10.3 Å². The Morgan fingerprint density at radius 3 is 3.00 bits per heavy atom. The molecule has 4 heteroatoms. The second-order valence-electron chi connectivity index (χ2n) is 5.94. The summed E-state index contributed by atoms with van der Waals surface area (Å²) >= 11 is 0. The van der Waals surface area contributed by atoms with Gasteiger partial charge in [0.2, 0.25) is 5.91 Å². The molecule has 1 aromatic heterocycles. The van der Waals surface area contributed by atoms with Gasteiger partial charge in [-0.1, -0.05) is 24.5 Å². The van der Waals surface area contributed by atoms with Crippen LogP contribution >= 0.6 is 0 Å². The first-order chi connectivity index (χ1) is 10.1. The summed E-state index contributed by atoms with van der Waals surface area (Å²) in [5, 5.41) is 3.05. The first kappa shape index (κ1) is 14.1. The minimum absolute atomic E-state index is 0.0370. The SMILES string of the molecule is [B]C1=C(C(=O)NC2CC2)C(CC=C)C(C)c2cccnc21. The van der Waals surface area contributed by atoms with Crippen LogP contribution in [0.5, 0.6) is 0 Å². The number of aromatic nitrogens is 1. The number of nitrogens with zero attached hydrogens (tertiary/aromatic N) is 1. The average molecular weight is 278 g/mol. The van der Waals surface area contributed by atoms with Gasteiger partial charge in [-0.2, -0.15) is 0 Å². The molecule has 3 rings (SSSR count). The summed E-state index contributed by atoms with van der Waals surface area (Å²) in [5.41, 5.74) is 3.07. The molecule has 1 saturated carbocycles. The number of fused-ring (bicyclic) bond motifs is 1. The lowest BCUT2D eigenvalue weighted by Crippen LogP contribution is -2.34. The molecule has 2 radical (unpaired) electrons. The lowest BCUT2D eigenvalue weighted by atomic mass is 9.67. The molecular weight excluding hydrogens is 259 g/mol. The van der Waals surface area contributed by atoms with E-state index < -0.39 is 0 Å². The molecular formula is C17H19BN2O. The van der Waals surface area contributed by atoms with Gasteiger partial charge in [0, 0.05) is 17.8 Å². The Morgan fingerprint density at radius 2 is 2.33 bits per heavy atom. The standard InChI is InChI=1S/C17H19BN2O/c1-3-5-12-10(2)13-6-4-9-19-16(13)15(18)14(12)17(21)20-11-7-8-11/h3-4,6,9-12H,1,5,7-8H2,2H3,(H,20,21). The van der Waals surface area contributed by atoms with Crippen molar-refractivity contribution in [2.45, 2.75) is 38.1 Å². The van der Waals surface area contributed by atoms with E-state index in [4.69, 9.17) is 7.85 Å².